The molecule has 2 aromatic rings. The standard InChI is InChI=1S/C13H10F4N4O2/c14-7-3-6(9(15)11(17)10(7)16)12(22)18-4-8-19-20-13(23)21(8)5-1-2-5/h3,5H,1-2,4H2,(H,18,22)(H,20,23). The van der Waals surface area contributed by atoms with Gasteiger partial charge in [-0.1, -0.05) is 0 Å². The van der Waals surface area contributed by atoms with E-state index in [1.54, 1.807) is 0 Å². The highest BCUT2D eigenvalue weighted by Gasteiger charge is 2.29. The van der Waals surface area contributed by atoms with E-state index in [0.29, 0.717) is 0 Å². The fraction of sp³-hybridized carbons (Fsp3) is 0.308. The predicted molar refractivity (Wildman–Crippen MR) is 68.6 cm³/mol. The van der Waals surface area contributed by atoms with Gasteiger partial charge in [0.1, 0.15) is 0 Å². The van der Waals surface area contributed by atoms with Crippen molar-refractivity contribution in [3.8, 4) is 0 Å². The molecule has 1 heterocycles. The van der Waals surface area contributed by atoms with Crippen molar-refractivity contribution in [2.45, 2.75) is 25.4 Å². The first-order valence-electron chi connectivity index (χ1n) is 6.67. The van der Waals surface area contributed by atoms with Gasteiger partial charge in [0.15, 0.2) is 29.1 Å². The Labute approximate surface area is 126 Å². The summed E-state index contributed by atoms with van der Waals surface area (Å²) in [5, 5.41) is 8.13. The Morgan fingerprint density at radius 2 is 1.96 bits per heavy atom. The molecule has 0 bridgehead atoms. The number of aromatic amines is 1. The summed E-state index contributed by atoms with van der Waals surface area (Å²) >= 11 is 0. The normalized spacial score (nSPS) is 14.1. The Morgan fingerprint density at radius 3 is 2.61 bits per heavy atom. The first-order chi connectivity index (χ1) is 10.9. The van der Waals surface area contributed by atoms with Crippen molar-refractivity contribution >= 4 is 5.91 Å². The third-order valence-electron chi connectivity index (χ3n) is 3.44. The van der Waals surface area contributed by atoms with Gasteiger partial charge in [0.2, 0.25) is 0 Å². The maximum absolute atomic E-state index is 13.5. The number of H-pyrrole nitrogens is 1. The van der Waals surface area contributed by atoms with Gasteiger partial charge in [-0.2, -0.15) is 5.10 Å². The molecule has 2 N–H and O–H groups in total. The molecule has 0 unspecified atom stereocenters. The first kappa shape index (κ1) is 15.3. The summed E-state index contributed by atoms with van der Waals surface area (Å²) in [5.41, 5.74) is -1.42. The van der Waals surface area contributed by atoms with Gasteiger partial charge in [0.25, 0.3) is 5.91 Å². The SMILES string of the molecule is O=C(NCc1n[nH]c(=O)n1C1CC1)c1cc(F)c(F)c(F)c1F. The van der Waals surface area contributed by atoms with Crippen LogP contribution in [0.2, 0.25) is 0 Å². The van der Waals surface area contributed by atoms with E-state index in [0.717, 1.165) is 12.8 Å². The van der Waals surface area contributed by atoms with Crippen molar-refractivity contribution < 1.29 is 22.4 Å². The van der Waals surface area contributed by atoms with Crippen molar-refractivity contribution in [1.82, 2.24) is 20.1 Å². The van der Waals surface area contributed by atoms with Gasteiger partial charge in [-0.15, -0.1) is 0 Å². The van der Waals surface area contributed by atoms with Gasteiger partial charge in [-0.25, -0.2) is 27.5 Å². The van der Waals surface area contributed by atoms with Gasteiger partial charge < -0.3 is 5.32 Å². The van der Waals surface area contributed by atoms with Gasteiger partial charge in [0, 0.05) is 6.04 Å². The van der Waals surface area contributed by atoms with Crippen LogP contribution in [0.3, 0.4) is 0 Å². The average molecular weight is 330 g/mol. The zero-order valence-corrected chi connectivity index (χ0v) is 11.5. The topological polar surface area (TPSA) is 79.8 Å². The lowest BCUT2D eigenvalue weighted by molar-refractivity contribution is 0.0943. The summed E-state index contributed by atoms with van der Waals surface area (Å²) in [7, 11) is 0. The Kier molecular flexibility index (Phi) is 3.66. The number of halogens is 4. The second-order valence-electron chi connectivity index (χ2n) is 5.08. The van der Waals surface area contributed by atoms with Crippen LogP contribution >= 0.6 is 0 Å². The van der Waals surface area contributed by atoms with E-state index in [-0.39, 0.29) is 24.5 Å². The van der Waals surface area contributed by atoms with Crippen molar-refractivity contribution in [3.05, 3.63) is 51.2 Å². The van der Waals surface area contributed by atoms with E-state index < -0.39 is 40.4 Å². The zero-order valence-electron chi connectivity index (χ0n) is 11.5. The van der Waals surface area contributed by atoms with Crippen LogP contribution in [0.4, 0.5) is 17.6 Å². The van der Waals surface area contributed by atoms with Crippen molar-refractivity contribution in [3.63, 3.8) is 0 Å². The molecule has 1 aliphatic carbocycles. The molecule has 23 heavy (non-hydrogen) atoms. The van der Waals surface area contributed by atoms with E-state index >= 15 is 0 Å². The molecule has 1 aromatic heterocycles. The quantitative estimate of drug-likeness (QED) is 0.505. The van der Waals surface area contributed by atoms with E-state index in [1.165, 1.54) is 4.57 Å². The summed E-state index contributed by atoms with van der Waals surface area (Å²) in [6.45, 7) is -0.256. The van der Waals surface area contributed by atoms with E-state index in [2.05, 4.69) is 15.5 Å². The molecule has 0 spiro atoms. The lowest BCUT2D eigenvalue weighted by atomic mass is 10.1. The molecule has 1 amide bonds. The zero-order chi connectivity index (χ0) is 16.7. The van der Waals surface area contributed by atoms with Gasteiger partial charge >= 0.3 is 5.69 Å². The number of amides is 1. The molecule has 1 fully saturated rings. The molecule has 122 valence electrons. The van der Waals surface area contributed by atoms with Crippen LogP contribution in [-0.4, -0.2) is 20.7 Å². The summed E-state index contributed by atoms with van der Waals surface area (Å²) in [6.07, 6.45) is 1.59. The lowest BCUT2D eigenvalue weighted by Crippen LogP contribution is -2.27. The van der Waals surface area contributed by atoms with E-state index in [4.69, 9.17) is 0 Å². The van der Waals surface area contributed by atoms with Gasteiger partial charge in [-0.3, -0.25) is 9.36 Å². The number of carbonyl (C=O) groups excluding carboxylic acids is 1. The van der Waals surface area contributed by atoms with Crippen LogP contribution in [0.5, 0.6) is 0 Å². The Hall–Kier alpha value is -2.65. The van der Waals surface area contributed by atoms with Gasteiger partial charge in [-0.05, 0) is 18.9 Å². The molecule has 3 rings (SSSR count). The summed E-state index contributed by atoms with van der Waals surface area (Å²) < 4.78 is 54.0. The number of rotatable bonds is 4. The number of benzene rings is 1. The molecule has 1 aliphatic rings. The second-order valence-corrected chi connectivity index (χ2v) is 5.08. The van der Waals surface area contributed by atoms with Crippen molar-refractivity contribution in [1.29, 1.82) is 0 Å². The monoisotopic (exact) mass is 330 g/mol. The van der Waals surface area contributed by atoms with Crippen molar-refractivity contribution in [2.24, 2.45) is 0 Å². The largest absolute Gasteiger partial charge is 0.345 e. The summed E-state index contributed by atoms with van der Waals surface area (Å²) in [5.74, 6) is -8.47. The Balaban J connectivity index is 1.80. The minimum Gasteiger partial charge on any atom is -0.345 e. The highest BCUT2D eigenvalue weighted by atomic mass is 19.2. The van der Waals surface area contributed by atoms with Crippen LogP contribution in [-0.2, 0) is 6.54 Å². The highest BCUT2D eigenvalue weighted by Crippen LogP contribution is 2.34. The van der Waals surface area contributed by atoms with Crippen LogP contribution in [0.25, 0.3) is 0 Å². The predicted octanol–water partition coefficient (Wildman–Crippen LogP) is 1.39. The third kappa shape index (κ3) is 2.71. The van der Waals surface area contributed by atoms with Crippen molar-refractivity contribution in [2.75, 3.05) is 0 Å². The fourth-order valence-corrected chi connectivity index (χ4v) is 2.16. The number of hydrogen-bond acceptors (Lipinski definition) is 3. The average Bonchev–Trinajstić information content (AvgIpc) is 3.29. The second kappa shape index (κ2) is 5.52. The van der Waals surface area contributed by atoms with E-state index in [9.17, 15) is 27.2 Å². The number of carbonyl (C=O) groups is 1. The molecule has 1 aromatic carbocycles. The number of aromatic nitrogens is 3. The lowest BCUT2D eigenvalue weighted by Gasteiger charge is -2.08. The smallest absolute Gasteiger partial charge is 0.343 e. The molecule has 10 heteroatoms. The minimum atomic E-state index is -2.06. The molecule has 0 atom stereocenters. The highest BCUT2D eigenvalue weighted by molar-refractivity contribution is 5.94. The maximum atomic E-state index is 13.5. The Morgan fingerprint density at radius 1 is 1.26 bits per heavy atom. The molecular weight excluding hydrogens is 320 g/mol. The molecule has 1 saturated carbocycles. The molecule has 0 saturated heterocycles. The minimum absolute atomic E-state index is 0.00871. The van der Waals surface area contributed by atoms with Crippen LogP contribution in [0.1, 0.15) is 35.1 Å². The van der Waals surface area contributed by atoms with Gasteiger partial charge in [0.05, 0.1) is 12.1 Å². The summed E-state index contributed by atoms with van der Waals surface area (Å²) in [4.78, 5) is 23.4. The molecular formula is C13H10F4N4O2. The Bertz CT molecular complexity index is 841. The number of nitrogens with zero attached hydrogens (tertiary/aromatic N) is 2. The molecule has 6 nitrogen and oxygen atoms in total. The van der Waals surface area contributed by atoms with Crippen LogP contribution in [0, 0.1) is 23.3 Å². The first-order valence-corrected chi connectivity index (χ1v) is 6.67. The third-order valence-corrected chi connectivity index (χ3v) is 3.44. The molecule has 0 aliphatic heterocycles. The van der Waals surface area contributed by atoms with Crippen LogP contribution in [0.15, 0.2) is 10.9 Å². The molecule has 0 radical (unpaired) electrons. The van der Waals surface area contributed by atoms with E-state index in [1.807, 2.05) is 0 Å². The summed E-state index contributed by atoms with van der Waals surface area (Å²) in [6, 6.07) is 0.257. The van der Waals surface area contributed by atoms with Crippen LogP contribution < -0.4 is 11.0 Å². The fourth-order valence-electron chi connectivity index (χ4n) is 2.16. The maximum Gasteiger partial charge on any atom is 0.343 e. The number of nitrogens with one attached hydrogen (secondary N) is 2. The number of hydrogen-bond donors (Lipinski definition) is 2.